The van der Waals surface area contributed by atoms with Crippen molar-refractivity contribution in [2.24, 2.45) is 17.3 Å². The van der Waals surface area contributed by atoms with E-state index in [0.29, 0.717) is 24.0 Å². The van der Waals surface area contributed by atoms with Gasteiger partial charge in [0.05, 0.1) is 28.1 Å². The van der Waals surface area contributed by atoms with Crippen molar-refractivity contribution in [1.29, 1.82) is 0 Å². The minimum Gasteiger partial charge on any atom is -0.462 e. The summed E-state index contributed by atoms with van der Waals surface area (Å²) in [4.78, 5) is 52.4. The van der Waals surface area contributed by atoms with Gasteiger partial charge in [0, 0.05) is 13.8 Å². The molecule has 5 rings (SSSR count). The Hall–Kier alpha value is -3.72. The second-order valence-corrected chi connectivity index (χ2v) is 12.3. The molecule has 0 aromatic heterocycles. The SMILES string of the molecule is CC(=O)O[C@H]1CC[C@@H](C)[C@]23OC(C)(C)[C@H]([C@@H](OC(=O)c4ccccc4)[C@@H](OC(=O)c4ccccc4)[C@]12C)[C@H]3OC(C)=O. The first-order chi connectivity index (χ1) is 19.8. The van der Waals surface area contributed by atoms with E-state index in [1.807, 2.05) is 27.7 Å². The van der Waals surface area contributed by atoms with Crippen LogP contribution in [-0.2, 0) is 33.3 Å². The lowest BCUT2D eigenvalue weighted by molar-refractivity contribution is -0.297. The third-order valence-corrected chi connectivity index (χ3v) is 9.43. The summed E-state index contributed by atoms with van der Waals surface area (Å²) in [6.45, 7) is 10.2. The van der Waals surface area contributed by atoms with Crippen LogP contribution in [0.4, 0.5) is 0 Å². The monoisotopic (exact) mass is 578 g/mol. The molecule has 9 nitrogen and oxygen atoms in total. The van der Waals surface area contributed by atoms with Gasteiger partial charge in [-0.05, 0) is 63.8 Å². The number of rotatable bonds is 6. The molecule has 3 aliphatic rings. The molecule has 9 heteroatoms. The van der Waals surface area contributed by atoms with Crippen LogP contribution in [0.3, 0.4) is 0 Å². The van der Waals surface area contributed by atoms with Gasteiger partial charge in [-0.3, -0.25) is 9.59 Å². The van der Waals surface area contributed by atoms with Crippen LogP contribution in [0.1, 0.15) is 75.1 Å². The first-order valence-electron chi connectivity index (χ1n) is 14.4. The fraction of sp³-hybridized carbons (Fsp3) is 0.515. The summed E-state index contributed by atoms with van der Waals surface area (Å²) in [5.41, 5.74) is -2.90. The molecule has 0 unspecified atom stereocenters. The van der Waals surface area contributed by atoms with Crippen LogP contribution < -0.4 is 0 Å². The molecular weight excluding hydrogens is 540 g/mol. The largest absolute Gasteiger partial charge is 0.462 e. The Kier molecular flexibility index (Phi) is 7.68. The van der Waals surface area contributed by atoms with Crippen LogP contribution in [0.15, 0.2) is 60.7 Å². The third-order valence-electron chi connectivity index (χ3n) is 9.43. The van der Waals surface area contributed by atoms with Crippen LogP contribution in [-0.4, -0.2) is 59.5 Å². The van der Waals surface area contributed by atoms with Gasteiger partial charge in [0.1, 0.15) is 23.9 Å². The molecule has 2 bridgehead atoms. The highest BCUT2D eigenvalue weighted by molar-refractivity contribution is 5.90. The van der Waals surface area contributed by atoms with E-state index in [-0.39, 0.29) is 5.92 Å². The van der Waals surface area contributed by atoms with Gasteiger partial charge in [0.25, 0.3) is 0 Å². The number of carbonyl (C=O) groups is 4. The van der Waals surface area contributed by atoms with Crippen molar-refractivity contribution in [3.05, 3.63) is 71.8 Å². The van der Waals surface area contributed by atoms with E-state index in [1.165, 1.54) is 13.8 Å². The normalized spacial score (nSPS) is 34.4. The van der Waals surface area contributed by atoms with Gasteiger partial charge in [-0.15, -0.1) is 0 Å². The van der Waals surface area contributed by atoms with Crippen LogP contribution in [0, 0.1) is 17.3 Å². The van der Waals surface area contributed by atoms with Crippen LogP contribution in [0.2, 0.25) is 0 Å². The Morgan fingerprint density at radius 2 is 1.24 bits per heavy atom. The van der Waals surface area contributed by atoms with E-state index >= 15 is 0 Å². The molecular formula is C33H38O9. The minimum atomic E-state index is -1.28. The Labute approximate surface area is 245 Å². The predicted octanol–water partition coefficient (Wildman–Crippen LogP) is 4.91. The maximum atomic E-state index is 13.7. The van der Waals surface area contributed by atoms with Crippen molar-refractivity contribution in [2.75, 3.05) is 0 Å². The molecule has 224 valence electrons. The van der Waals surface area contributed by atoms with Crippen LogP contribution >= 0.6 is 0 Å². The zero-order chi connectivity index (χ0) is 30.4. The molecule has 2 aromatic carbocycles. The molecule has 42 heavy (non-hydrogen) atoms. The smallest absolute Gasteiger partial charge is 0.338 e. The van der Waals surface area contributed by atoms with Gasteiger partial charge in [-0.25, -0.2) is 9.59 Å². The molecule has 8 atom stereocenters. The fourth-order valence-corrected chi connectivity index (χ4v) is 7.76. The van der Waals surface area contributed by atoms with E-state index in [1.54, 1.807) is 60.7 Å². The van der Waals surface area contributed by atoms with Crippen molar-refractivity contribution in [2.45, 2.75) is 90.0 Å². The zero-order valence-corrected chi connectivity index (χ0v) is 24.8. The highest BCUT2D eigenvalue weighted by Crippen LogP contribution is 2.68. The first kappa shape index (κ1) is 29.8. The molecule has 0 N–H and O–H groups in total. The lowest BCUT2D eigenvalue weighted by atomic mass is 9.48. The molecule has 2 saturated carbocycles. The quantitative estimate of drug-likeness (QED) is 0.348. The number of fused-ring (bicyclic) bond motifs is 1. The van der Waals surface area contributed by atoms with Gasteiger partial charge in [-0.1, -0.05) is 43.3 Å². The molecule has 1 heterocycles. The second-order valence-electron chi connectivity index (χ2n) is 12.3. The number of hydrogen-bond donors (Lipinski definition) is 0. The summed E-state index contributed by atoms with van der Waals surface area (Å²) < 4.78 is 31.6. The van der Waals surface area contributed by atoms with Gasteiger partial charge in [-0.2, -0.15) is 0 Å². The lowest BCUT2D eigenvalue weighted by Crippen LogP contribution is -2.76. The number of benzene rings is 2. The number of esters is 4. The first-order valence-corrected chi connectivity index (χ1v) is 14.4. The molecule has 0 radical (unpaired) electrons. The molecule has 3 fully saturated rings. The minimum absolute atomic E-state index is 0.202. The van der Waals surface area contributed by atoms with Gasteiger partial charge >= 0.3 is 23.9 Å². The summed E-state index contributed by atoms with van der Waals surface area (Å²) >= 11 is 0. The van der Waals surface area contributed by atoms with Gasteiger partial charge < -0.3 is 23.7 Å². The Morgan fingerprint density at radius 1 is 0.714 bits per heavy atom. The number of ether oxygens (including phenoxy) is 5. The lowest BCUT2D eigenvalue weighted by Gasteiger charge is -2.62. The fourth-order valence-electron chi connectivity index (χ4n) is 7.76. The molecule has 2 aliphatic carbocycles. The predicted molar refractivity (Wildman–Crippen MR) is 150 cm³/mol. The van der Waals surface area contributed by atoms with E-state index < -0.39 is 70.8 Å². The highest BCUT2D eigenvalue weighted by atomic mass is 16.6. The number of carbonyl (C=O) groups excluding carboxylic acids is 4. The third kappa shape index (κ3) is 4.68. The van der Waals surface area contributed by atoms with E-state index in [9.17, 15) is 19.2 Å². The van der Waals surface area contributed by atoms with E-state index in [2.05, 4.69) is 0 Å². The Bertz CT molecular complexity index is 1360. The summed E-state index contributed by atoms with van der Waals surface area (Å²) in [7, 11) is 0. The summed E-state index contributed by atoms with van der Waals surface area (Å²) in [5, 5.41) is 0. The molecule has 1 aliphatic heterocycles. The van der Waals surface area contributed by atoms with Crippen molar-refractivity contribution in [3.8, 4) is 0 Å². The average molecular weight is 579 g/mol. The number of hydrogen-bond acceptors (Lipinski definition) is 9. The van der Waals surface area contributed by atoms with Crippen molar-refractivity contribution in [3.63, 3.8) is 0 Å². The summed E-state index contributed by atoms with van der Waals surface area (Å²) in [5.74, 6) is -3.21. The highest BCUT2D eigenvalue weighted by Gasteiger charge is 2.82. The second kappa shape index (κ2) is 10.8. The summed E-state index contributed by atoms with van der Waals surface area (Å²) in [6, 6.07) is 17.0. The standard InChI is InChI=1S/C33H38O9/c1-19-17-18-24(38-20(2)34)32(6)28(41-30(37)23-15-11-8-12-16-23)26(40-29(36)22-13-9-7-10-14-22)25-27(39-21(3)35)33(19,32)42-31(25,4)5/h7-16,19,24-28H,17-18H2,1-6H3/t19-,24+,25-,26-,27-,28-,32+,33-/m1/s1. The van der Waals surface area contributed by atoms with Gasteiger partial charge in [0.15, 0.2) is 6.10 Å². The zero-order valence-electron chi connectivity index (χ0n) is 24.8. The van der Waals surface area contributed by atoms with Crippen molar-refractivity contribution in [1.82, 2.24) is 0 Å². The van der Waals surface area contributed by atoms with Crippen LogP contribution in [0.5, 0.6) is 0 Å². The van der Waals surface area contributed by atoms with Crippen molar-refractivity contribution >= 4 is 23.9 Å². The molecule has 2 aromatic rings. The van der Waals surface area contributed by atoms with E-state index in [4.69, 9.17) is 23.7 Å². The molecule has 1 saturated heterocycles. The van der Waals surface area contributed by atoms with Gasteiger partial charge in [0.2, 0.25) is 0 Å². The van der Waals surface area contributed by atoms with E-state index in [0.717, 1.165) is 0 Å². The molecule has 0 amide bonds. The van der Waals surface area contributed by atoms with Crippen molar-refractivity contribution < 1.29 is 42.9 Å². The Morgan fingerprint density at radius 3 is 1.76 bits per heavy atom. The topological polar surface area (TPSA) is 114 Å². The Balaban J connectivity index is 1.73. The summed E-state index contributed by atoms with van der Waals surface area (Å²) in [6.07, 6.45) is -2.88. The average Bonchev–Trinajstić information content (AvgIpc) is 3.14. The maximum Gasteiger partial charge on any atom is 0.338 e. The van der Waals surface area contributed by atoms with Crippen LogP contribution in [0.25, 0.3) is 0 Å². The maximum absolute atomic E-state index is 13.7. The molecule has 1 spiro atoms.